The summed E-state index contributed by atoms with van der Waals surface area (Å²) in [6.45, 7) is 0. The monoisotopic (exact) mass is 422 g/mol. The summed E-state index contributed by atoms with van der Waals surface area (Å²) in [5, 5.41) is 0. The van der Waals surface area contributed by atoms with Crippen LogP contribution in [0.3, 0.4) is 0 Å². The molecule has 0 atom stereocenters. The van der Waals surface area contributed by atoms with E-state index < -0.39 is 41.3 Å². The zero-order chi connectivity index (χ0) is 15.4. The fourth-order valence-corrected chi connectivity index (χ4v) is 1.90. The van der Waals surface area contributed by atoms with Gasteiger partial charge in [-0.3, -0.25) is 0 Å². The van der Waals surface area contributed by atoms with Crippen molar-refractivity contribution in [3.8, 4) is 0 Å². The molecule has 0 aromatic heterocycles. The fourth-order valence-electron chi connectivity index (χ4n) is 0.535. The van der Waals surface area contributed by atoms with E-state index in [2.05, 4.69) is 0 Å². The van der Waals surface area contributed by atoms with Gasteiger partial charge in [0, 0.05) is 0 Å². The molecule has 0 aliphatic carbocycles. The number of hydrogen-bond acceptors (Lipinski definition) is 0. The van der Waals surface area contributed by atoms with Gasteiger partial charge < -0.3 is 0 Å². The molecule has 0 fully saturated rings. The maximum absolute atomic E-state index is 12.1. The third kappa shape index (κ3) is 2.31. The van der Waals surface area contributed by atoms with Gasteiger partial charge in [-0.25, -0.2) is 0 Å². The molecular weight excluding hydrogens is 422 g/mol. The predicted octanol–water partition coefficient (Wildman–Crippen LogP) is 5.53. The fraction of sp³-hybridized carbons (Fsp3) is 1.00. The molecule has 0 nitrogen and oxygen atoms in total. The number of hydrogen-bond donors (Lipinski definition) is 0. The van der Waals surface area contributed by atoms with Crippen LogP contribution < -0.4 is 0 Å². The van der Waals surface area contributed by atoms with Gasteiger partial charge in [-0.05, 0) is 0 Å². The second-order valence-electron chi connectivity index (χ2n) is 2.75. The Bertz CT molecular complexity index is 320. The van der Waals surface area contributed by atoms with Crippen molar-refractivity contribution in [2.24, 2.45) is 0 Å². The molecule has 14 heteroatoms. The molecule has 0 aliphatic rings. The van der Waals surface area contributed by atoms with Crippen molar-refractivity contribution in [2.75, 3.05) is 0 Å². The third-order valence-corrected chi connectivity index (χ3v) is 4.19. The van der Waals surface area contributed by atoms with E-state index in [1.165, 1.54) is 0 Å². The van der Waals surface area contributed by atoms with Gasteiger partial charge >= 0.3 is 92.2 Å². The van der Waals surface area contributed by atoms with E-state index in [9.17, 15) is 51.0 Å². The van der Waals surface area contributed by atoms with E-state index >= 15 is 0 Å². The first-order chi connectivity index (χ1) is 7.26. The Hall–Kier alpha value is -0.180. The molecule has 18 heavy (non-hydrogen) atoms. The Morgan fingerprint density at radius 2 is 0.778 bits per heavy atom. The van der Waals surface area contributed by atoms with Crippen LogP contribution in [0.2, 0.25) is 0 Å². The van der Waals surface area contributed by atoms with Gasteiger partial charge in [0.25, 0.3) is 0 Å². The Labute approximate surface area is 92.9 Å². The summed E-state index contributed by atoms with van der Waals surface area (Å²) < 4.78 is 144. The molecule has 0 amide bonds. The molecule has 0 saturated carbocycles. The van der Waals surface area contributed by atoms with Gasteiger partial charge in [0.2, 0.25) is 0 Å². The normalized spacial score (nSPS) is 18.4. The molecule has 0 aromatic rings. The molecule has 0 aromatic carbocycles. The van der Waals surface area contributed by atoms with E-state index in [0.29, 0.717) is 0 Å². The van der Waals surface area contributed by atoms with Crippen LogP contribution in [0, 0.1) is 0 Å². The van der Waals surface area contributed by atoms with Gasteiger partial charge in [0.05, 0.1) is 0 Å². The van der Waals surface area contributed by atoms with Crippen LogP contribution in [0.5, 0.6) is 0 Å². The summed E-state index contributed by atoms with van der Waals surface area (Å²) in [7, 11) is 0. The number of alkyl halides is 10. The summed E-state index contributed by atoms with van der Waals surface area (Å²) in [4.78, 5) is 0. The van der Waals surface area contributed by atoms with Crippen molar-refractivity contribution in [2.45, 2.75) is 22.0 Å². The summed E-state index contributed by atoms with van der Waals surface area (Å²) in [6.07, 6.45) is -7.41. The Morgan fingerprint density at radius 1 is 0.500 bits per heavy atom. The van der Waals surface area contributed by atoms with Crippen molar-refractivity contribution in [1.29, 1.82) is 0 Å². The Balaban J connectivity index is 5.98. The van der Waals surface area contributed by atoms with E-state index in [0.717, 1.165) is 0 Å². The van der Waals surface area contributed by atoms with Gasteiger partial charge in [-0.1, -0.05) is 0 Å². The van der Waals surface area contributed by atoms with E-state index in [1.807, 2.05) is 0 Å². The predicted molar refractivity (Wildman–Crippen MR) is 39.3 cm³/mol. The summed E-state index contributed by atoms with van der Waals surface area (Å²) >= 11 is -11.4. The van der Waals surface area contributed by atoms with Crippen LogP contribution in [0.25, 0.3) is 0 Å². The topological polar surface area (TPSA) is 0 Å². The van der Waals surface area contributed by atoms with E-state index in [-0.39, 0.29) is 0 Å². The molecule has 0 saturated heterocycles. The zero-order valence-corrected chi connectivity index (χ0v) is 9.45. The van der Waals surface area contributed by atoms with Crippen molar-refractivity contribution >= 4 is 19.3 Å². The zero-order valence-electron chi connectivity index (χ0n) is 7.29. The van der Waals surface area contributed by atoms with Crippen LogP contribution in [-0.2, 0) is 0 Å². The Morgan fingerprint density at radius 3 is 0.944 bits per heavy atom. The SMILES string of the molecule is FC(F)(F)C(F)(F)C(F)(F)C(F)(F)I(F)(F)(F)F. The summed E-state index contributed by atoms with van der Waals surface area (Å²) in [5.41, 5.74) is 0. The van der Waals surface area contributed by atoms with E-state index in [4.69, 9.17) is 0 Å². The van der Waals surface area contributed by atoms with Crippen molar-refractivity contribution in [1.82, 2.24) is 0 Å². The van der Waals surface area contributed by atoms with Crippen LogP contribution in [0.15, 0.2) is 0 Å². The molecule has 0 bridgehead atoms. The van der Waals surface area contributed by atoms with Crippen LogP contribution in [-0.4, -0.2) is 22.0 Å². The Kier molecular flexibility index (Phi) is 3.64. The first kappa shape index (κ1) is 17.8. The summed E-state index contributed by atoms with van der Waals surface area (Å²) in [5.74, 6) is -15.7. The van der Waals surface area contributed by atoms with Crippen molar-refractivity contribution < 1.29 is 51.0 Å². The number of halogens is 14. The quantitative estimate of drug-likeness (QED) is 0.319. The molecule has 0 unspecified atom stereocenters. The van der Waals surface area contributed by atoms with Crippen LogP contribution in [0.1, 0.15) is 0 Å². The van der Waals surface area contributed by atoms with Gasteiger partial charge in [0.15, 0.2) is 0 Å². The minimum absolute atomic E-state index is 7.41. The first-order valence-electron chi connectivity index (χ1n) is 3.21. The molecule has 114 valence electrons. The third-order valence-electron chi connectivity index (χ3n) is 1.47. The van der Waals surface area contributed by atoms with Crippen molar-refractivity contribution in [3.05, 3.63) is 0 Å². The molecule has 0 heterocycles. The van der Waals surface area contributed by atoms with Gasteiger partial charge in [-0.15, -0.1) is 0 Å². The van der Waals surface area contributed by atoms with E-state index in [1.54, 1.807) is 0 Å². The van der Waals surface area contributed by atoms with Gasteiger partial charge in [0.1, 0.15) is 0 Å². The standard InChI is InChI=1S/C4F13I/c5-1(6,3(9,10)11)2(7,8)4(12,13)18(14,15,16)17. The molecule has 0 rings (SSSR count). The molecule has 0 radical (unpaired) electrons. The molecule has 0 N–H and O–H groups in total. The summed E-state index contributed by atoms with van der Waals surface area (Å²) in [6, 6.07) is 0. The average molecular weight is 422 g/mol. The second kappa shape index (κ2) is 3.68. The molecule has 0 aliphatic heterocycles. The second-order valence-corrected chi connectivity index (χ2v) is 7.59. The maximum atomic E-state index is 12.1. The van der Waals surface area contributed by atoms with Crippen LogP contribution >= 0.6 is 19.3 Å². The van der Waals surface area contributed by atoms with Gasteiger partial charge in [-0.2, -0.15) is 0 Å². The van der Waals surface area contributed by atoms with Crippen molar-refractivity contribution in [3.63, 3.8) is 0 Å². The molecular formula is C4F13I. The number of rotatable bonds is 3. The minimum atomic E-state index is -11.4. The average Bonchev–Trinajstić information content (AvgIpc) is 1.97. The molecule has 0 spiro atoms. The first-order valence-corrected chi connectivity index (χ1v) is 7.55. The van der Waals surface area contributed by atoms with Crippen LogP contribution in [0.4, 0.5) is 51.0 Å².